The fourth-order valence-corrected chi connectivity index (χ4v) is 3.04. The van der Waals surface area contributed by atoms with Crippen molar-refractivity contribution in [2.24, 2.45) is 5.73 Å². The highest BCUT2D eigenvalue weighted by Crippen LogP contribution is 2.29. The molecule has 2 aromatic carbocycles. The van der Waals surface area contributed by atoms with Crippen LogP contribution in [0.4, 0.5) is 4.79 Å². The molecule has 0 heterocycles. The number of hydrogen-bond acceptors (Lipinski definition) is 10. The summed E-state index contributed by atoms with van der Waals surface area (Å²) >= 11 is 0. The van der Waals surface area contributed by atoms with Gasteiger partial charge in [0.2, 0.25) is 5.91 Å². The molecule has 6 N–H and O–H groups in total. The molecule has 0 spiro atoms. The molecule has 188 valence electrons. The number of aromatic hydroxyl groups is 2. The third kappa shape index (κ3) is 7.89. The average Bonchev–Trinajstić information content (AvgIpc) is 2.81. The van der Waals surface area contributed by atoms with E-state index in [9.17, 15) is 29.4 Å². The normalized spacial score (nSPS) is 12.1. The van der Waals surface area contributed by atoms with Crippen LogP contribution in [0.5, 0.6) is 23.0 Å². The van der Waals surface area contributed by atoms with Crippen molar-refractivity contribution in [3.05, 3.63) is 47.5 Å². The van der Waals surface area contributed by atoms with E-state index in [1.807, 2.05) is 0 Å². The Morgan fingerprint density at radius 2 is 1.60 bits per heavy atom. The van der Waals surface area contributed by atoms with Gasteiger partial charge in [-0.25, -0.2) is 9.59 Å². The van der Waals surface area contributed by atoms with Crippen LogP contribution in [0.1, 0.15) is 18.1 Å². The highest BCUT2D eigenvalue weighted by atomic mass is 16.6. The first kappa shape index (κ1) is 26.9. The molecule has 2 amide bonds. The first-order chi connectivity index (χ1) is 16.5. The first-order valence-electron chi connectivity index (χ1n) is 10.4. The molecule has 2 rings (SSSR count). The fourth-order valence-electron chi connectivity index (χ4n) is 3.04. The van der Waals surface area contributed by atoms with Crippen LogP contribution in [-0.4, -0.2) is 60.4 Å². The number of phenols is 2. The number of phenolic OH excluding ortho intramolecular Hbond substituents is 2. The lowest BCUT2D eigenvalue weighted by atomic mass is 10.0. The minimum absolute atomic E-state index is 0.0114. The van der Waals surface area contributed by atoms with Crippen molar-refractivity contribution in [3.63, 3.8) is 0 Å². The van der Waals surface area contributed by atoms with Crippen LogP contribution in [0.2, 0.25) is 0 Å². The molecule has 2 aromatic rings. The molecule has 2 atom stereocenters. The summed E-state index contributed by atoms with van der Waals surface area (Å²) in [6.07, 6.45) is -0.843. The average molecular weight is 489 g/mol. The second-order valence-electron chi connectivity index (χ2n) is 7.44. The SMILES string of the molecule is CNC(=O)Oc1cc(CC(NC(=O)C(N)Cc2ccc(O)c(O)c2)C(=O)OC)ccc1OC(C)=O. The van der Waals surface area contributed by atoms with Crippen LogP contribution in [0, 0.1) is 0 Å². The van der Waals surface area contributed by atoms with Crippen molar-refractivity contribution in [2.75, 3.05) is 14.2 Å². The van der Waals surface area contributed by atoms with Gasteiger partial charge in [0.25, 0.3) is 0 Å². The number of carbonyl (C=O) groups excluding carboxylic acids is 4. The number of nitrogens with two attached hydrogens (primary N) is 1. The van der Waals surface area contributed by atoms with E-state index in [4.69, 9.17) is 19.9 Å². The molecular weight excluding hydrogens is 462 g/mol. The largest absolute Gasteiger partial charge is 0.504 e. The van der Waals surface area contributed by atoms with E-state index in [1.165, 1.54) is 50.4 Å². The van der Waals surface area contributed by atoms with E-state index in [2.05, 4.69) is 10.6 Å². The minimum atomic E-state index is -1.14. The summed E-state index contributed by atoms with van der Waals surface area (Å²) in [5.74, 6) is -2.78. The Balaban J connectivity index is 2.19. The van der Waals surface area contributed by atoms with Gasteiger partial charge in [-0.1, -0.05) is 12.1 Å². The second kappa shape index (κ2) is 12.2. The maximum Gasteiger partial charge on any atom is 0.412 e. The van der Waals surface area contributed by atoms with Gasteiger partial charge in [0.1, 0.15) is 6.04 Å². The van der Waals surface area contributed by atoms with E-state index < -0.39 is 36.0 Å². The Labute approximate surface area is 201 Å². The van der Waals surface area contributed by atoms with Gasteiger partial charge in [-0.3, -0.25) is 9.59 Å². The van der Waals surface area contributed by atoms with E-state index in [-0.39, 0.29) is 35.8 Å². The van der Waals surface area contributed by atoms with Crippen molar-refractivity contribution in [3.8, 4) is 23.0 Å². The third-order valence-corrected chi connectivity index (χ3v) is 4.74. The molecule has 0 aliphatic heterocycles. The Hall–Kier alpha value is -4.32. The molecule has 35 heavy (non-hydrogen) atoms. The predicted molar refractivity (Wildman–Crippen MR) is 122 cm³/mol. The summed E-state index contributed by atoms with van der Waals surface area (Å²) in [6, 6.07) is 6.12. The smallest absolute Gasteiger partial charge is 0.412 e. The van der Waals surface area contributed by atoms with Crippen LogP contribution in [0.3, 0.4) is 0 Å². The molecular formula is C23H27N3O9. The van der Waals surface area contributed by atoms with E-state index >= 15 is 0 Å². The predicted octanol–water partition coefficient (Wildman–Crippen LogP) is 0.512. The molecule has 0 aromatic heterocycles. The Kier molecular flexibility index (Phi) is 9.41. The van der Waals surface area contributed by atoms with Crippen LogP contribution >= 0.6 is 0 Å². The number of carbonyl (C=O) groups is 4. The number of esters is 2. The molecule has 0 saturated carbocycles. The molecule has 0 bridgehead atoms. The maximum atomic E-state index is 12.7. The van der Waals surface area contributed by atoms with Crippen molar-refractivity contribution in [1.29, 1.82) is 0 Å². The Morgan fingerprint density at radius 1 is 0.943 bits per heavy atom. The molecule has 0 aliphatic carbocycles. The van der Waals surface area contributed by atoms with Crippen molar-refractivity contribution in [2.45, 2.75) is 31.8 Å². The second-order valence-corrected chi connectivity index (χ2v) is 7.44. The molecule has 0 saturated heterocycles. The lowest BCUT2D eigenvalue weighted by Gasteiger charge is -2.20. The topological polar surface area (TPSA) is 187 Å². The number of benzene rings is 2. The van der Waals surface area contributed by atoms with Gasteiger partial charge < -0.3 is 40.8 Å². The van der Waals surface area contributed by atoms with Gasteiger partial charge in [0.05, 0.1) is 13.2 Å². The lowest BCUT2D eigenvalue weighted by Crippen LogP contribution is -2.50. The number of rotatable bonds is 9. The van der Waals surface area contributed by atoms with Crippen molar-refractivity contribution < 1.29 is 43.6 Å². The van der Waals surface area contributed by atoms with E-state index in [0.29, 0.717) is 11.1 Å². The highest BCUT2D eigenvalue weighted by molar-refractivity contribution is 5.87. The van der Waals surface area contributed by atoms with E-state index in [1.54, 1.807) is 0 Å². The number of methoxy groups -OCH3 is 1. The van der Waals surface area contributed by atoms with Crippen LogP contribution in [0.15, 0.2) is 36.4 Å². The zero-order chi connectivity index (χ0) is 26.1. The summed E-state index contributed by atoms with van der Waals surface area (Å²) < 4.78 is 14.9. The Morgan fingerprint density at radius 3 is 2.20 bits per heavy atom. The fraction of sp³-hybridized carbons (Fsp3) is 0.304. The summed E-state index contributed by atoms with van der Waals surface area (Å²) in [5, 5.41) is 23.8. The molecule has 12 heteroatoms. The number of amides is 2. The first-order valence-corrected chi connectivity index (χ1v) is 10.4. The molecule has 12 nitrogen and oxygen atoms in total. The van der Waals surface area contributed by atoms with Crippen LogP contribution < -0.4 is 25.8 Å². The van der Waals surface area contributed by atoms with Gasteiger partial charge in [-0.2, -0.15) is 0 Å². The number of ether oxygens (including phenoxy) is 3. The summed E-state index contributed by atoms with van der Waals surface area (Å²) in [7, 11) is 2.51. The molecule has 2 unspecified atom stereocenters. The number of hydrogen-bond donors (Lipinski definition) is 5. The van der Waals surface area contributed by atoms with Gasteiger partial charge in [0, 0.05) is 20.4 Å². The van der Waals surface area contributed by atoms with Gasteiger partial charge in [0.15, 0.2) is 23.0 Å². The summed E-state index contributed by atoms with van der Waals surface area (Å²) in [6.45, 7) is 1.18. The summed E-state index contributed by atoms with van der Waals surface area (Å²) in [4.78, 5) is 48.0. The minimum Gasteiger partial charge on any atom is -0.504 e. The monoisotopic (exact) mass is 489 g/mol. The summed E-state index contributed by atoms with van der Waals surface area (Å²) in [5.41, 5.74) is 6.91. The Bertz CT molecular complexity index is 1100. The zero-order valence-corrected chi connectivity index (χ0v) is 19.4. The maximum absolute atomic E-state index is 12.7. The van der Waals surface area contributed by atoms with Gasteiger partial charge in [-0.15, -0.1) is 0 Å². The van der Waals surface area contributed by atoms with Gasteiger partial charge >= 0.3 is 18.0 Å². The molecule has 0 radical (unpaired) electrons. The van der Waals surface area contributed by atoms with Crippen molar-refractivity contribution in [1.82, 2.24) is 10.6 Å². The van der Waals surface area contributed by atoms with Gasteiger partial charge in [-0.05, 0) is 41.8 Å². The molecule has 0 fully saturated rings. The number of nitrogens with one attached hydrogen (secondary N) is 2. The van der Waals surface area contributed by atoms with Crippen LogP contribution in [-0.2, 0) is 32.0 Å². The van der Waals surface area contributed by atoms with E-state index in [0.717, 1.165) is 7.11 Å². The highest BCUT2D eigenvalue weighted by Gasteiger charge is 2.26. The lowest BCUT2D eigenvalue weighted by molar-refractivity contribution is -0.145. The third-order valence-electron chi connectivity index (χ3n) is 4.74. The standard InChI is InChI=1S/C23H27N3O9/c1-12(27)34-19-7-5-14(11-20(19)35-23(32)25-2)9-16(22(31)33-3)26-21(30)15(24)8-13-4-6-17(28)18(29)10-13/h4-7,10-11,15-16,28-29H,8-9,24H2,1-3H3,(H,25,32)(H,26,30). The zero-order valence-electron chi connectivity index (χ0n) is 19.4. The quantitative estimate of drug-likeness (QED) is 0.189. The molecule has 0 aliphatic rings. The van der Waals surface area contributed by atoms with Crippen LogP contribution in [0.25, 0.3) is 0 Å². The van der Waals surface area contributed by atoms with Crippen molar-refractivity contribution >= 4 is 23.9 Å².